The summed E-state index contributed by atoms with van der Waals surface area (Å²) in [4.78, 5) is 12.6. The van der Waals surface area contributed by atoms with Crippen molar-refractivity contribution in [2.75, 3.05) is 12.4 Å². The quantitative estimate of drug-likeness (QED) is 0.570. The molecule has 0 saturated carbocycles. The SMILES string of the molecule is COc1cccc(NC(=O)[C@H](C)Sc2nnc(-c3ccc(C(C)(C)C)cc3)n2C)c1. The van der Waals surface area contributed by atoms with Gasteiger partial charge in [0, 0.05) is 24.4 Å². The van der Waals surface area contributed by atoms with Gasteiger partial charge in [-0.05, 0) is 30.0 Å². The van der Waals surface area contributed by atoms with Crippen LogP contribution < -0.4 is 10.1 Å². The van der Waals surface area contributed by atoms with Gasteiger partial charge in [0.2, 0.25) is 5.91 Å². The van der Waals surface area contributed by atoms with E-state index in [4.69, 9.17) is 4.74 Å². The molecule has 0 aliphatic heterocycles. The molecule has 0 fully saturated rings. The maximum absolute atomic E-state index is 12.6. The molecule has 1 aromatic heterocycles. The molecule has 0 unspecified atom stereocenters. The average molecular weight is 425 g/mol. The number of thioether (sulfide) groups is 1. The first kappa shape index (κ1) is 21.9. The van der Waals surface area contributed by atoms with Crippen molar-refractivity contribution in [2.45, 2.75) is 43.5 Å². The van der Waals surface area contributed by atoms with E-state index < -0.39 is 0 Å². The first-order valence-corrected chi connectivity index (χ1v) is 10.7. The Labute approximate surface area is 182 Å². The number of carbonyl (C=O) groups is 1. The van der Waals surface area contributed by atoms with Crippen LogP contribution in [0.25, 0.3) is 11.4 Å². The van der Waals surface area contributed by atoms with Crippen LogP contribution in [-0.2, 0) is 17.3 Å². The van der Waals surface area contributed by atoms with Crippen molar-refractivity contribution in [3.8, 4) is 17.1 Å². The molecule has 0 aliphatic carbocycles. The molecule has 3 rings (SSSR count). The normalized spacial score (nSPS) is 12.5. The van der Waals surface area contributed by atoms with Crippen molar-refractivity contribution in [2.24, 2.45) is 7.05 Å². The monoisotopic (exact) mass is 424 g/mol. The molecule has 0 spiro atoms. The van der Waals surface area contributed by atoms with Gasteiger partial charge in [-0.2, -0.15) is 0 Å². The van der Waals surface area contributed by atoms with Crippen LogP contribution in [0.3, 0.4) is 0 Å². The summed E-state index contributed by atoms with van der Waals surface area (Å²) in [7, 11) is 3.52. The summed E-state index contributed by atoms with van der Waals surface area (Å²) in [5.74, 6) is 1.37. The van der Waals surface area contributed by atoms with E-state index in [1.807, 2.05) is 36.7 Å². The predicted octanol–water partition coefficient (Wildman–Crippen LogP) is 4.91. The molecular formula is C23H28N4O2S. The van der Waals surface area contributed by atoms with E-state index in [9.17, 15) is 4.79 Å². The Hall–Kier alpha value is -2.80. The Kier molecular flexibility index (Phi) is 6.51. The van der Waals surface area contributed by atoms with Gasteiger partial charge in [0.25, 0.3) is 0 Å². The third-order valence-electron chi connectivity index (χ3n) is 4.83. The van der Waals surface area contributed by atoms with Crippen molar-refractivity contribution in [1.29, 1.82) is 0 Å². The fraction of sp³-hybridized carbons (Fsp3) is 0.348. The van der Waals surface area contributed by atoms with Crippen molar-refractivity contribution >= 4 is 23.4 Å². The van der Waals surface area contributed by atoms with Gasteiger partial charge in [-0.3, -0.25) is 4.79 Å². The van der Waals surface area contributed by atoms with E-state index in [2.05, 4.69) is 60.6 Å². The Bertz CT molecular complexity index is 1020. The van der Waals surface area contributed by atoms with E-state index >= 15 is 0 Å². The maximum Gasteiger partial charge on any atom is 0.237 e. The minimum absolute atomic E-state index is 0.102. The van der Waals surface area contributed by atoms with Gasteiger partial charge in [-0.1, -0.05) is 62.9 Å². The topological polar surface area (TPSA) is 69.0 Å². The highest BCUT2D eigenvalue weighted by Crippen LogP contribution is 2.29. The molecule has 1 atom stereocenters. The van der Waals surface area contributed by atoms with E-state index in [0.29, 0.717) is 16.6 Å². The molecule has 3 aromatic rings. The molecule has 0 bridgehead atoms. The molecule has 6 nitrogen and oxygen atoms in total. The Morgan fingerprint density at radius 1 is 1.13 bits per heavy atom. The predicted molar refractivity (Wildman–Crippen MR) is 122 cm³/mol. The van der Waals surface area contributed by atoms with Crippen LogP contribution in [-0.4, -0.2) is 33.0 Å². The molecule has 1 heterocycles. The summed E-state index contributed by atoms with van der Waals surface area (Å²) in [6.07, 6.45) is 0. The van der Waals surface area contributed by atoms with E-state index in [-0.39, 0.29) is 16.6 Å². The standard InChI is InChI=1S/C23H28N4O2S/c1-15(21(28)24-18-8-7-9-19(14-18)29-6)30-22-26-25-20(27(22)5)16-10-12-17(13-11-16)23(2,3)4/h7-15H,1-6H3,(H,24,28)/t15-/m0/s1. The number of benzene rings is 2. The fourth-order valence-corrected chi connectivity index (χ4v) is 3.76. The largest absolute Gasteiger partial charge is 0.497 e. The van der Waals surface area contributed by atoms with E-state index in [0.717, 1.165) is 11.4 Å². The Morgan fingerprint density at radius 3 is 2.47 bits per heavy atom. The van der Waals surface area contributed by atoms with Crippen LogP contribution in [0.5, 0.6) is 5.75 Å². The summed E-state index contributed by atoms with van der Waals surface area (Å²) in [5.41, 5.74) is 3.07. The average Bonchev–Trinajstić information content (AvgIpc) is 3.07. The summed E-state index contributed by atoms with van der Waals surface area (Å²) in [6, 6.07) is 15.7. The van der Waals surface area contributed by atoms with Gasteiger partial charge >= 0.3 is 0 Å². The lowest BCUT2D eigenvalue weighted by atomic mass is 9.87. The van der Waals surface area contributed by atoms with Crippen LogP contribution in [0.4, 0.5) is 5.69 Å². The first-order chi connectivity index (χ1) is 14.2. The van der Waals surface area contributed by atoms with Crippen molar-refractivity contribution in [3.63, 3.8) is 0 Å². The summed E-state index contributed by atoms with van der Waals surface area (Å²) in [5, 5.41) is 11.9. The molecular weight excluding hydrogens is 396 g/mol. The zero-order valence-corrected chi connectivity index (χ0v) is 19.1. The molecule has 1 N–H and O–H groups in total. The number of nitrogens with zero attached hydrogens (tertiary/aromatic N) is 3. The summed E-state index contributed by atoms with van der Waals surface area (Å²) >= 11 is 1.38. The zero-order valence-electron chi connectivity index (χ0n) is 18.3. The maximum atomic E-state index is 12.6. The van der Waals surface area contributed by atoms with Crippen molar-refractivity contribution < 1.29 is 9.53 Å². The van der Waals surface area contributed by atoms with Crippen LogP contribution in [0, 0.1) is 0 Å². The molecule has 0 saturated heterocycles. The third kappa shape index (κ3) is 5.02. The molecule has 30 heavy (non-hydrogen) atoms. The number of anilines is 1. The highest BCUT2D eigenvalue weighted by molar-refractivity contribution is 8.00. The highest BCUT2D eigenvalue weighted by atomic mass is 32.2. The van der Waals surface area contributed by atoms with Gasteiger partial charge < -0.3 is 14.6 Å². The molecule has 2 aromatic carbocycles. The number of amides is 1. The molecule has 158 valence electrons. The third-order valence-corrected chi connectivity index (χ3v) is 5.97. The lowest BCUT2D eigenvalue weighted by molar-refractivity contribution is -0.115. The number of ether oxygens (including phenoxy) is 1. The van der Waals surface area contributed by atoms with Gasteiger partial charge in [-0.25, -0.2) is 0 Å². The summed E-state index contributed by atoms with van der Waals surface area (Å²) < 4.78 is 7.12. The fourth-order valence-electron chi connectivity index (χ4n) is 2.94. The smallest absolute Gasteiger partial charge is 0.237 e. The lowest BCUT2D eigenvalue weighted by Crippen LogP contribution is -2.22. The highest BCUT2D eigenvalue weighted by Gasteiger charge is 2.20. The number of hydrogen-bond acceptors (Lipinski definition) is 5. The Balaban J connectivity index is 1.70. The van der Waals surface area contributed by atoms with E-state index in [1.165, 1.54) is 17.3 Å². The zero-order chi connectivity index (χ0) is 21.9. The number of aromatic nitrogens is 3. The number of rotatable bonds is 6. The molecule has 0 radical (unpaired) electrons. The molecule has 0 aliphatic rings. The minimum Gasteiger partial charge on any atom is -0.497 e. The van der Waals surface area contributed by atoms with Crippen molar-refractivity contribution in [1.82, 2.24) is 14.8 Å². The summed E-state index contributed by atoms with van der Waals surface area (Å²) in [6.45, 7) is 8.43. The van der Waals surface area contributed by atoms with Crippen LogP contribution in [0.15, 0.2) is 53.7 Å². The van der Waals surface area contributed by atoms with Gasteiger partial charge in [0.05, 0.1) is 12.4 Å². The first-order valence-electron chi connectivity index (χ1n) is 9.81. The second-order valence-electron chi connectivity index (χ2n) is 8.17. The second-order valence-corrected chi connectivity index (χ2v) is 9.48. The van der Waals surface area contributed by atoms with Crippen LogP contribution >= 0.6 is 11.8 Å². The number of methoxy groups -OCH3 is 1. The second kappa shape index (κ2) is 8.92. The van der Waals surface area contributed by atoms with Gasteiger partial charge in [0.15, 0.2) is 11.0 Å². The van der Waals surface area contributed by atoms with Gasteiger partial charge in [0.1, 0.15) is 5.75 Å². The number of hydrogen-bond donors (Lipinski definition) is 1. The number of carbonyl (C=O) groups excluding carboxylic acids is 1. The molecule has 1 amide bonds. The van der Waals surface area contributed by atoms with Crippen LogP contribution in [0.1, 0.15) is 33.3 Å². The van der Waals surface area contributed by atoms with Gasteiger partial charge in [-0.15, -0.1) is 10.2 Å². The Morgan fingerprint density at radius 2 is 1.83 bits per heavy atom. The van der Waals surface area contributed by atoms with Crippen LogP contribution in [0.2, 0.25) is 0 Å². The number of nitrogens with one attached hydrogen (secondary N) is 1. The lowest BCUT2D eigenvalue weighted by Gasteiger charge is -2.19. The molecule has 7 heteroatoms. The van der Waals surface area contributed by atoms with Crippen molar-refractivity contribution in [3.05, 3.63) is 54.1 Å². The minimum atomic E-state index is -0.338. The van der Waals surface area contributed by atoms with E-state index in [1.54, 1.807) is 13.2 Å².